The Labute approximate surface area is 88.8 Å². The topological polar surface area (TPSA) is 0 Å². The minimum Gasteiger partial charge on any atom is -0.0819 e. The molecule has 1 heteroatoms. The van der Waals surface area contributed by atoms with Crippen molar-refractivity contribution in [2.24, 2.45) is 0 Å². The summed E-state index contributed by atoms with van der Waals surface area (Å²) in [4.78, 5) is 0. The Morgan fingerprint density at radius 3 is 2.14 bits per heavy atom. The highest BCUT2D eigenvalue weighted by Crippen LogP contribution is 2.28. The third-order valence-corrected chi connectivity index (χ3v) is 3.65. The Hall–Kier alpha value is -1.08. The number of allylic oxidation sites excluding steroid dienone is 4. The molecule has 0 atom stereocenters. The molecule has 0 saturated heterocycles. The molecule has 0 unspecified atom stereocenters. The standard InChI is InChI=1S/C13H16Si/c1-9-6-10(2)8-11(7-9)12-4-3-5-13(12)14/h4-8H,3H2,1-2,14H3. The summed E-state index contributed by atoms with van der Waals surface area (Å²) in [5.74, 6) is 0. The highest BCUT2D eigenvalue weighted by atomic mass is 28.1. The first-order valence-electron chi connectivity index (χ1n) is 5.13. The van der Waals surface area contributed by atoms with Crippen LogP contribution in [0.4, 0.5) is 0 Å². The monoisotopic (exact) mass is 200 g/mol. The zero-order valence-electron chi connectivity index (χ0n) is 9.09. The lowest BCUT2D eigenvalue weighted by molar-refractivity contribution is 1.36. The van der Waals surface area contributed by atoms with Gasteiger partial charge in [0.2, 0.25) is 0 Å². The van der Waals surface area contributed by atoms with Crippen LogP contribution in [0, 0.1) is 13.8 Å². The molecule has 0 radical (unpaired) electrons. The van der Waals surface area contributed by atoms with Crippen molar-refractivity contribution in [1.82, 2.24) is 0 Å². The van der Waals surface area contributed by atoms with E-state index >= 15 is 0 Å². The molecule has 2 rings (SSSR count). The smallest absolute Gasteiger partial charge is 0.0388 e. The SMILES string of the molecule is Cc1cc(C)cc(C2=CCC=C2[SiH3])c1. The van der Waals surface area contributed by atoms with Gasteiger partial charge in [-0.15, -0.1) is 0 Å². The molecule has 1 aromatic rings. The Bertz CT molecular complexity index is 405. The fourth-order valence-corrected chi connectivity index (χ4v) is 2.83. The van der Waals surface area contributed by atoms with E-state index in [0.29, 0.717) is 0 Å². The predicted octanol–water partition coefficient (Wildman–Crippen LogP) is 2.34. The summed E-state index contributed by atoms with van der Waals surface area (Å²) >= 11 is 0. The maximum Gasteiger partial charge on any atom is 0.0388 e. The number of rotatable bonds is 1. The van der Waals surface area contributed by atoms with E-state index in [1.165, 1.54) is 22.3 Å². The van der Waals surface area contributed by atoms with Gasteiger partial charge in [-0.1, -0.05) is 46.7 Å². The second kappa shape index (κ2) is 3.58. The fraction of sp³-hybridized carbons (Fsp3) is 0.231. The highest BCUT2D eigenvalue weighted by molar-refractivity contribution is 6.30. The van der Waals surface area contributed by atoms with Gasteiger partial charge in [0.25, 0.3) is 0 Å². The summed E-state index contributed by atoms with van der Waals surface area (Å²) in [7, 11) is 1.16. The van der Waals surface area contributed by atoms with Crippen LogP contribution in [-0.4, -0.2) is 10.2 Å². The van der Waals surface area contributed by atoms with E-state index < -0.39 is 0 Å². The van der Waals surface area contributed by atoms with Crippen LogP contribution in [-0.2, 0) is 0 Å². The number of hydrogen-bond acceptors (Lipinski definition) is 0. The van der Waals surface area contributed by atoms with Crippen LogP contribution in [0.1, 0.15) is 23.1 Å². The van der Waals surface area contributed by atoms with E-state index in [1.807, 2.05) is 0 Å². The average molecular weight is 200 g/mol. The Morgan fingerprint density at radius 2 is 1.64 bits per heavy atom. The molecule has 0 N–H and O–H groups in total. The van der Waals surface area contributed by atoms with E-state index in [2.05, 4.69) is 44.2 Å². The summed E-state index contributed by atoms with van der Waals surface area (Å²) < 4.78 is 0. The molecule has 0 aliphatic heterocycles. The lowest BCUT2D eigenvalue weighted by Crippen LogP contribution is -1.89. The molecular weight excluding hydrogens is 184 g/mol. The lowest BCUT2D eigenvalue weighted by Gasteiger charge is -2.07. The molecule has 72 valence electrons. The van der Waals surface area contributed by atoms with Crippen molar-refractivity contribution >= 4 is 15.8 Å². The summed E-state index contributed by atoms with van der Waals surface area (Å²) in [6, 6.07) is 6.81. The van der Waals surface area contributed by atoms with E-state index in [9.17, 15) is 0 Å². The largest absolute Gasteiger partial charge is 0.0819 e. The first kappa shape index (κ1) is 9.47. The van der Waals surface area contributed by atoms with Crippen molar-refractivity contribution in [2.45, 2.75) is 20.3 Å². The van der Waals surface area contributed by atoms with Crippen LogP contribution in [0.15, 0.2) is 35.5 Å². The molecule has 0 heterocycles. The summed E-state index contributed by atoms with van der Waals surface area (Å²) in [6.07, 6.45) is 5.82. The average Bonchev–Trinajstić information content (AvgIpc) is 2.49. The van der Waals surface area contributed by atoms with Gasteiger partial charge in [0.15, 0.2) is 0 Å². The summed E-state index contributed by atoms with van der Waals surface area (Å²) in [5, 5.41) is 1.55. The van der Waals surface area contributed by atoms with Crippen LogP contribution < -0.4 is 0 Å². The van der Waals surface area contributed by atoms with Crippen LogP contribution >= 0.6 is 0 Å². The molecular formula is C13H16Si. The van der Waals surface area contributed by atoms with Gasteiger partial charge in [0.1, 0.15) is 0 Å². The van der Waals surface area contributed by atoms with Crippen molar-refractivity contribution in [1.29, 1.82) is 0 Å². The first-order valence-corrected chi connectivity index (χ1v) is 6.13. The number of benzene rings is 1. The third kappa shape index (κ3) is 1.73. The highest BCUT2D eigenvalue weighted by Gasteiger charge is 2.08. The van der Waals surface area contributed by atoms with Gasteiger partial charge in [0.05, 0.1) is 0 Å². The molecule has 0 spiro atoms. The first-order chi connectivity index (χ1) is 6.66. The van der Waals surface area contributed by atoms with Crippen molar-refractivity contribution in [3.05, 3.63) is 52.2 Å². The van der Waals surface area contributed by atoms with Crippen LogP contribution in [0.25, 0.3) is 5.57 Å². The molecule has 0 amide bonds. The number of aryl methyl sites for hydroxylation is 2. The Morgan fingerprint density at radius 1 is 1.00 bits per heavy atom. The molecule has 0 saturated carbocycles. The third-order valence-electron chi connectivity index (χ3n) is 2.70. The van der Waals surface area contributed by atoms with Gasteiger partial charge in [-0.3, -0.25) is 0 Å². The summed E-state index contributed by atoms with van der Waals surface area (Å²) in [5.41, 5.74) is 5.61. The van der Waals surface area contributed by atoms with Gasteiger partial charge < -0.3 is 0 Å². The maximum absolute atomic E-state index is 2.35. The van der Waals surface area contributed by atoms with Gasteiger partial charge in [-0.25, -0.2) is 0 Å². The van der Waals surface area contributed by atoms with E-state index in [-0.39, 0.29) is 0 Å². The zero-order valence-corrected chi connectivity index (χ0v) is 11.1. The molecule has 1 aliphatic rings. The van der Waals surface area contributed by atoms with Gasteiger partial charge in [-0.05, 0) is 31.4 Å². The fourth-order valence-electron chi connectivity index (χ4n) is 2.10. The normalized spacial score (nSPS) is 15.6. The molecule has 1 aromatic carbocycles. The van der Waals surface area contributed by atoms with Gasteiger partial charge in [-0.2, -0.15) is 0 Å². The van der Waals surface area contributed by atoms with Crippen LogP contribution in [0.2, 0.25) is 0 Å². The van der Waals surface area contributed by atoms with E-state index in [4.69, 9.17) is 0 Å². The van der Waals surface area contributed by atoms with Crippen molar-refractivity contribution in [2.75, 3.05) is 0 Å². The van der Waals surface area contributed by atoms with Crippen molar-refractivity contribution in [3.8, 4) is 0 Å². The summed E-state index contributed by atoms with van der Waals surface area (Å²) in [6.45, 7) is 4.34. The van der Waals surface area contributed by atoms with Gasteiger partial charge in [0, 0.05) is 10.2 Å². The van der Waals surface area contributed by atoms with E-state index in [1.54, 1.807) is 5.20 Å². The lowest BCUT2D eigenvalue weighted by atomic mass is 10.0. The van der Waals surface area contributed by atoms with E-state index in [0.717, 1.165) is 16.7 Å². The maximum atomic E-state index is 2.35. The van der Waals surface area contributed by atoms with Crippen molar-refractivity contribution < 1.29 is 0 Å². The minimum atomic E-state index is 1.13. The van der Waals surface area contributed by atoms with Crippen LogP contribution in [0.3, 0.4) is 0 Å². The second-order valence-corrected chi connectivity index (χ2v) is 5.19. The molecule has 0 fully saturated rings. The van der Waals surface area contributed by atoms with Crippen molar-refractivity contribution in [3.63, 3.8) is 0 Å². The predicted molar refractivity (Wildman–Crippen MR) is 66.5 cm³/mol. The molecule has 0 nitrogen and oxygen atoms in total. The minimum absolute atomic E-state index is 1.13. The van der Waals surface area contributed by atoms with Crippen LogP contribution in [0.5, 0.6) is 0 Å². The van der Waals surface area contributed by atoms with Gasteiger partial charge >= 0.3 is 0 Å². The molecule has 14 heavy (non-hydrogen) atoms. The quantitative estimate of drug-likeness (QED) is 0.610. The number of hydrogen-bond donors (Lipinski definition) is 0. The Balaban J connectivity index is 2.47. The second-order valence-electron chi connectivity index (χ2n) is 4.12. The molecule has 0 bridgehead atoms. The Kier molecular flexibility index (Phi) is 2.42. The zero-order chi connectivity index (χ0) is 10.1. The molecule has 0 aromatic heterocycles. The molecule has 1 aliphatic carbocycles.